The Morgan fingerprint density at radius 1 is 1.41 bits per heavy atom. The van der Waals surface area contributed by atoms with Gasteiger partial charge in [-0.15, -0.1) is 11.3 Å². The molecule has 6 heteroatoms. The van der Waals surface area contributed by atoms with E-state index in [9.17, 15) is 9.90 Å². The Morgan fingerprint density at radius 3 is 2.95 bits per heavy atom. The van der Waals surface area contributed by atoms with E-state index in [1.165, 1.54) is 34.4 Å². The number of aromatic carboxylic acids is 1. The van der Waals surface area contributed by atoms with Gasteiger partial charge in [0.1, 0.15) is 9.88 Å². The summed E-state index contributed by atoms with van der Waals surface area (Å²) in [6.45, 7) is 2.81. The topological polar surface area (TPSA) is 55.1 Å². The lowest BCUT2D eigenvalue weighted by atomic mass is 10.1. The van der Waals surface area contributed by atoms with Crippen molar-refractivity contribution < 1.29 is 9.90 Å². The number of carboxylic acid groups (broad SMARTS) is 1. The van der Waals surface area contributed by atoms with E-state index in [-0.39, 0.29) is 0 Å². The van der Waals surface area contributed by atoms with Gasteiger partial charge in [0, 0.05) is 27.7 Å². The first kappa shape index (κ1) is 14.0. The summed E-state index contributed by atoms with van der Waals surface area (Å²) in [5.41, 5.74) is 4.13. The second-order valence-corrected chi connectivity index (χ2v) is 7.38. The molecule has 0 saturated carbocycles. The first-order valence-corrected chi connectivity index (χ1v) is 8.68. The number of aryl methyl sites for hydroxylation is 3. The fourth-order valence-corrected chi connectivity index (χ4v) is 4.72. The van der Waals surface area contributed by atoms with Crippen molar-refractivity contribution >= 4 is 44.1 Å². The van der Waals surface area contributed by atoms with E-state index in [4.69, 9.17) is 0 Å². The van der Waals surface area contributed by atoms with Gasteiger partial charge in [-0.2, -0.15) is 0 Å². The van der Waals surface area contributed by atoms with Gasteiger partial charge < -0.3 is 9.67 Å². The predicted octanol–water partition coefficient (Wildman–Crippen LogP) is 4.48. The minimum Gasteiger partial charge on any atom is -0.477 e. The van der Waals surface area contributed by atoms with Gasteiger partial charge >= 0.3 is 5.97 Å². The molecule has 2 aromatic heterocycles. The van der Waals surface area contributed by atoms with Crippen molar-refractivity contribution in [2.24, 2.45) is 0 Å². The third-order valence-electron chi connectivity index (χ3n) is 4.08. The molecule has 112 valence electrons. The van der Waals surface area contributed by atoms with Crippen LogP contribution in [0.1, 0.15) is 27.5 Å². The number of fused-ring (bicyclic) bond motifs is 3. The highest BCUT2D eigenvalue weighted by Crippen LogP contribution is 2.37. The molecule has 0 aliphatic carbocycles. The molecule has 3 aromatic rings. The zero-order chi connectivity index (χ0) is 15.4. The van der Waals surface area contributed by atoms with Crippen LogP contribution in [0.3, 0.4) is 0 Å². The third-order valence-corrected chi connectivity index (χ3v) is 5.88. The number of hydrogen-bond acceptors (Lipinski definition) is 3. The zero-order valence-electron chi connectivity index (χ0n) is 11.9. The highest BCUT2D eigenvalue weighted by molar-refractivity contribution is 9.10. The van der Waals surface area contributed by atoms with E-state index in [2.05, 4.69) is 37.6 Å². The van der Waals surface area contributed by atoms with Crippen molar-refractivity contribution in [3.05, 3.63) is 38.9 Å². The van der Waals surface area contributed by atoms with Crippen LogP contribution in [0.4, 0.5) is 0 Å². The fourth-order valence-electron chi connectivity index (χ4n) is 3.14. The first-order chi connectivity index (χ1) is 10.5. The summed E-state index contributed by atoms with van der Waals surface area (Å²) in [5.74, 6) is -0.913. The smallest absolute Gasteiger partial charge is 0.347 e. The summed E-state index contributed by atoms with van der Waals surface area (Å²) in [5, 5.41) is 11.1. The van der Waals surface area contributed by atoms with Crippen LogP contribution in [0.25, 0.3) is 21.5 Å². The Morgan fingerprint density at radius 2 is 2.23 bits per heavy atom. The van der Waals surface area contributed by atoms with Crippen molar-refractivity contribution in [2.45, 2.75) is 26.3 Å². The molecular weight excluding hydrogens is 364 g/mol. The molecule has 3 heterocycles. The average Bonchev–Trinajstić information content (AvgIpc) is 3.10. The van der Waals surface area contributed by atoms with Crippen molar-refractivity contribution in [2.75, 3.05) is 0 Å². The van der Waals surface area contributed by atoms with Crippen LogP contribution in [0, 0.1) is 6.92 Å². The van der Waals surface area contributed by atoms with E-state index in [0.29, 0.717) is 10.6 Å². The van der Waals surface area contributed by atoms with Crippen LogP contribution in [-0.2, 0) is 13.0 Å². The molecule has 1 aliphatic heterocycles. The minimum absolute atomic E-state index is 0.311. The monoisotopic (exact) mass is 376 g/mol. The van der Waals surface area contributed by atoms with E-state index < -0.39 is 5.97 Å². The number of benzene rings is 1. The van der Waals surface area contributed by atoms with Crippen LogP contribution in [0.5, 0.6) is 0 Å². The van der Waals surface area contributed by atoms with Crippen LogP contribution in [-0.4, -0.2) is 20.6 Å². The number of nitrogens with zero attached hydrogens (tertiary/aromatic N) is 2. The molecule has 1 aliphatic rings. The van der Waals surface area contributed by atoms with Crippen molar-refractivity contribution in [1.82, 2.24) is 9.55 Å². The summed E-state index contributed by atoms with van der Waals surface area (Å²) in [6.07, 6.45) is 2.32. The SMILES string of the molecule is Cc1nc(-c2cc(Br)c3c(c2)cc2n3CCC2)sc1C(=O)O. The molecule has 0 atom stereocenters. The van der Waals surface area contributed by atoms with Crippen molar-refractivity contribution in [3.8, 4) is 10.6 Å². The van der Waals surface area contributed by atoms with Crippen LogP contribution in [0.15, 0.2) is 22.7 Å². The summed E-state index contributed by atoms with van der Waals surface area (Å²) in [4.78, 5) is 15.9. The molecule has 0 saturated heterocycles. The van der Waals surface area contributed by atoms with E-state index in [1.807, 2.05) is 6.07 Å². The standard InChI is InChI=1S/C16H13BrN2O2S/c1-8-14(16(20)21)22-15(18-8)10-5-9-6-11-3-2-4-19(11)13(9)12(17)7-10/h5-7H,2-4H2,1H3,(H,20,21). The minimum atomic E-state index is -0.913. The van der Waals surface area contributed by atoms with Gasteiger partial charge in [0.05, 0.1) is 11.2 Å². The molecule has 0 fully saturated rings. The van der Waals surface area contributed by atoms with Gasteiger partial charge in [0.25, 0.3) is 0 Å². The number of carboxylic acids is 1. The number of rotatable bonds is 2. The maximum Gasteiger partial charge on any atom is 0.347 e. The molecule has 0 radical (unpaired) electrons. The van der Waals surface area contributed by atoms with Crippen molar-refractivity contribution in [3.63, 3.8) is 0 Å². The van der Waals surface area contributed by atoms with Crippen LogP contribution < -0.4 is 0 Å². The lowest BCUT2D eigenvalue weighted by Crippen LogP contribution is -1.94. The number of hydrogen-bond donors (Lipinski definition) is 1. The molecule has 1 aromatic carbocycles. The summed E-state index contributed by atoms with van der Waals surface area (Å²) < 4.78 is 3.40. The highest BCUT2D eigenvalue weighted by atomic mass is 79.9. The van der Waals surface area contributed by atoms with Gasteiger partial charge in [0.2, 0.25) is 0 Å². The average molecular weight is 377 g/mol. The second-order valence-electron chi connectivity index (χ2n) is 5.53. The molecule has 1 N–H and O–H groups in total. The number of thiazole rings is 1. The number of carbonyl (C=O) groups is 1. The van der Waals surface area contributed by atoms with Gasteiger partial charge in [0.15, 0.2) is 0 Å². The number of halogens is 1. The van der Waals surface area contributed by atoms with Gasteiger partial charge in [-0.3, -0.25) is 0 Å². The summed E-state index contributed by atoms with van der Waals surface area (Å²) >= 11 is 4.90. The zero-order valence-corrected chi connectivity index (χ0v) is 14.3. The van der Waals surface area contributed by atoms with E-state index in [1.54, 1.807) is 6.92 Å². The maximum atomic E-state index is 11.2. The largest absolute Gasteiger partial charge is 0.477 e. The van der Waals surface area contributed by atoms with Crippen LogP contribution in [0.2, 0.25) is 0 Å². The Hall–Kier alpha value is -1.66. The van der Waals surface area contributed by atoms with Gasteiger partial charge in [-0.1, -0.05) is 0 Å². The first-order valence-electron chi connectivity index (χ1n) is 7.07. The Bertz CT molecular complexity index is 926. The van der Waals surface area contributed by atoms with E-state index in [0.717, 1.165) is 28.0 Å². The third kappa shape index (κ3) is 2.01. The summed E-state index contributed by atoms with van der Waals surface area (Å²) in [6, 6.07) is 6.38. The highest BCUT2D eigenvalue weighted by Gasteiger charge is 2.19. The quantitative estimate of drug-likeness (QED) is 0.717. The second kappa shape index (κ2) is 4.93. The predicted molar refractivity (Wildman–Crippen MR) is 90.8 cm³/mol. The molecule has 0 spiro atoms. The summed E-state index contributed by atoms with van der Waals surface area (Å²) in [7, 11) is 0. The molecule has 4 nitrogen and oxygen atoms in total. The fraction of sp³-hybridized carbons (Fsp3) is 0.250. The van der Waals surface area contributed by atoms with Gasteiger partial charge in [-0.25, -0.2) is 9.78 Å². The van der Waals surface area contributed by atoms with Crippen LogP contribution >= 0.6 is 27.3 Å². The lowest BCUT2D eigenvalue weighted by Gasteiger charge is -2.05. The van der Waals surface area contributed by atoms with Crippen molar-refractivity contribution in [1.29, 1.82) is 0 Å². The Labute approximate surface area is 139 Å². The van der Waals surface area contributed by atoms with E-state index >= 15 is 0 Å². The Kier molecular flexibility index (Phi) is 3.13. The molecule has 0 amide bonds. The number of aromatic nitrogens is 2. The molecule has 0 unspecified atom stereocenters. The molecular formula is C16H13BrN2O2S. The Balaban J connectivity index is 1.90. The maximum absolute atomic E-state index is 11.2. The van der Waals surface area contributed by atoms with Gasteiger partial charge in [-0.05, 0) is 53.9 Å². The molecule has 0 bridgehead atoms. The normalized spacial score (nSPS) is 13.7. The molecule has 4 rings (SSSR count). The molecule has 22 heavy (non-hydrogen) atoms. The lowest BCUT2D eigenvalue weighted by molar-refractivity contribution is 0.0701.